The maximum atomic E-state index is 5.03. The predicted molar refractivity (Wildman–Crippen MR) is 183 cm³/mol. The molecule has 3 heterocycles. The van der Waals surface area contributed by atoms with Crippen LogP contribution in [0.25, 0.3) is 81.8 Å². The summed E-state index contributed by atoms with van der Waals surface area (Å²) < 4.78 is 4.96. The van der Waals surface area contributed by atoms with Gasteiger partial charge in [0, 0.05) is 53.3 Å². The fraction of sp³-hybridized carbons (Fsp3) is 0. The maximum absolute atomic E-state index is 5.03. The number of aromatic nitrogens is 4. The predicted octanol–water partition coefficient (Wildman–Crippen LogP) is 10.3. The summed E-state index contributed by atoms with van der Waals surface area (Å²) in [6, 6.07) is 50.7. The number of nitrogens with zero attached hydrogens (tertiary/aromatic N) is 4. The molecule has 4 nitrogen and oxygen atoms in total. The minimum atomic E-state index is 0.655. The number of thiophene rings is 1. The van der Waals surface area contributed by atoms with Crippen molar-refractivity contribution in [1.29, 1.82) is 0 Å². The Morgan fingerprint density at radius 2 is 0.977 bits per heavy atom. The van der Waals surface area contributed by atoms with Crippen LogP contribution in [0.1, 0.15) is 0 Å². The molecule has 0 aliphatic heterocycles. The van der Waals surface area contributed by atoms with Gasteiger partial charge in [-0.25, -0.2) is 15.0 Å². The zero-order valence-corrected chi connectivity index (χ0v) is 24.4. The first-order valence-corrected chi connectivity index (χ1v) is 15.4. The highest BCUT2D eigenvalue weighted by molar-refractivity contribution is 7.26. The second-order valence-corrected chi connectivity index (χ2v) is 12.0. The molecule has 3 aromatic heterocycles. The molecule has 0 amide bonds. The average Bonchev–Trinajstić information content (AvgIpc) is 3.64. The summed E-state index contributed by atoms with van der Waals surface area (Å²) in [5, 5.41) is 5.01. The highest BCUT2D eigenvalue weighted by Gasteiger charge is 2.19. The fourth-order valence-corrected chi connectivity index (χ4v) is 7.37. The molecule has 0 saturated heterocycles. The molecule has 0 aliphatic rings. The first-order valence-electron chi connectivity index (χ1n) is 14.6. The number of para-hydroxylation sites is 1. The Morgan fingerprint density at radius 3 is 1.66 bits per heavy atom. The van der Waals surface area contributed by atoms with Crippen molar-refractivity contribution in [3.8, 4) is 39.9 Å². The molecule has 206 valence electrons. The van der Waals surface area contributed by atoms with E-state index in [0.717, 1.165) is 27.9 Å². The van der Waals surface area contributed by atoms with Gasteiger partial charge in [0.05, 0.1) is 11.0 Å². The van der Waals surface area contributed by atoms with Crippen LogP contribution < -0.4 is 0 Å². The average molecular weight is 581 g/mol. The molecule has 6 aromatic carbocycles. The van der Waals surface area contributed by atoms with Crippen molar-refractivity contribution in [2.24, 2.45) is 0 Å². The van der Waals surface area contributed by atoms with Crippen LogP contribution in [0.4, 0.5) is 0 Å². The summed E-state index contributed by atoms with van der Waals surface area (Å²) in [4.78, 5) is 15.0. The molecule has 0 N–H and O–H groups in total. The Hall–Kier alpha value is -5.65. The molecular weight excluding hydrogens is 557 g/mol. The summed E-state index contributed by atoms with van der Waals surface area (Å²) in [5.74, 6) is 1.97. The molecule has 9 rings (SSSR count). The SMILES string of the molecule is c1ccc(-c2nc(-c3ccccc3)nc(-c3ccc4c(c3)c3c5c(ccc3n4-c3ccccc3)sc3ccccc35)n2)cc1. The molecule has 9 aromatic rings. The van der Waals surface area contributed by atoms with Gasteiger partial charge in [0.2, 0.25) is 0 Å². The van der Waals surface area contributed by atoms with E-state index in [-0.39, 0.29) is 0 Å². The molecular formula is C39H24N4S. The largest absolute Gasteiger partial charge is 0.309 e. The Labute approximate surface area is 257 Å². The van der Waals surface area contributed by atoms with Crippen molar-refractivity contribution in [2.75, 3.05) is 0 Å². The molecule has 0 radical (unpaired) electrons. The van der Waals surface area contributed by atoms with Crippen LogP contribution in [0.3, 0.4) is 0 Å². The number of rotatable bonds is 4. The van der Waals surface area contributed by atoms with E-state index in [4.69, 9.17) is 15.0 Å². The van der Waals surface area contributed by atoms with Crippen molar-refractivity contribution in [3.63, 3.8) is 0 Å². The lowest BCUT2D eigenvalue weighted by atomic mass is 10.0. The van der Waals surface area contributed by atoms with E-state index in [9.17, 15) is 0 Å². The van der Waals surface area contributed by atoms with Gasteiger partial charge in [0.15, 0.2) is 17.5 Å². The Balaban J connectivity index is 1.36. The number of benzene rings is 6. The summed E-state index contributed by atoms with van der Waals surface area (Å²) >= 11 is 1.85. The van der Waals surface area contributed by atoms with E-state index in [1.807, 2.05) is 72.0 Å². The van der Waals surface area contributed by atoms with Gasteiger partial charge < -0.3 is 4.57 Å². The van der Waals surface area contributed by atoms with Gasteiger partial charge in [-0.1, -0.05) is 97.1 Å². The van der Waals surface area contributed by atoms with Crippen molar-refractivity contribution in [3.05, 3.63) is 146 Å². The number of hydrogen-bond acceptors (Lipinski definition) is 4. The lowest BCUT2D eigenvalue weighted by Gasteiger charge is -2.09. The lowest BCUT2D eigenvalue weighted by molar-refractivity contribution is 1.07. The van der Waals surface area contributed by atoms with Gasteiger partial charge in [-0.2, -0.15) is 0 Å². The number of fused-ring (bicyclic) bond motifs is 7. The minimum Gasteiger partial charge on any atom is -0.309 e. The Kier molecular flexibility index (Phi) is 5.64. The van der Waals surface area contributed by atoms with E-state index >= 15 is 0 Å². The maximum Gasteiger partial charge on any atom is 0.164 e. The van der Waals surface area contributed by atoms with Gasteiger partial charge in [0.25, 0.3) is 0 Å². The second-order valence-electron chi connectivity index (χ2n) is 10.9. The van der Waals surface area contributed by atoms with Crippen LogP contribution in [0, 0.1) is 0 Å². The van der Waals surface area contributed by atoms with E-state index < -0.39 is 0 Å². The quantitative estimate of drug-likeness (QED) is 0.208. The van der Waals surface area contributed by atoms with Crippen molar-refractivity contribution in [2.45, 2.75) is 0 Å². The van der Waals surface area contributed by atoms with Crippen LogP contribution in [0.15, 0.2) is 146 Å². The molecule has 44 heavy (non-hydrogen) atoms. The fourth-order valence-electron chi connectivity index (χ4n) is 6.26. The van der Waals surface area contributed by atoms with Gasteiger partial charge in [-0.15, -0.1) is 11.3 Å². The third kappa shape index (κ3) is 3.94. The lowest BCUT2D eigenvalue weighted by Crippen LogP contribution is -2.00. The van der Waals surface area contributed by atoms with Crippen LogP contribution in [-0.4, -0.2) is 19.5 Å². The molecule has 0 atom stereocenters. The molecule has 0 saturated carbocycles. The van der Waals surface area contributed by atoms with Gasteiger partial charge in [-0.3, -0.25) is 0 Å². The minimum absolute atomic E-state index is 0.655. The third-order valence-corrected chi connectivity index (χ3v) is 9.38. The highest BCUT2D eigenvalue weighted by atomic mass is 32.1. The monoisotopic (exact) mass is 580 g/mol. The Bertz CT molecular complexity index is 2420. The smallest absolute Gasteiger partial charge is 0.164 e. The third-order valence-electron chi connectivity index (χ3n) is 8.24. The van der Waals surface area contributed by atoms with Crippen LogP contribution >= 0.6 is 11.3 Å². The van der Waals surface area contributed by atoms with Gasteiger partial charge in [0.1, 0.15) is 0 Å². The van der Waals surface area contributed by atoms with E-state index in [1.165, 1.54) is 36.5 Å². The molecule has 0 bridgehead atoms. The zero-order valence-electron chi connectivity index (χ0n) is 23.6. The van der Waals surface area contributed by atoms with Crippen molar-refractivity contribution in [1.82, 2.24) is 19.5 Å². The summed E-state index contributed by atoms with van der Waals surface area (Å²) in [7, 11) is 0. The van der Waals surface area contributed by atoms with Crippen LogP contribution in [-0.2, 0) is 0 Å². The second kappa shape index (κ2) is 9.97. The Morgan fingerprint density at radius 1 is 0.409 bits per heavy atom. The van der Waals surface area contributed by atoms with Gasteiger partial charge in [-0.05, 0) is 48.5 Å². The standard InChI is InChI=1S/C39H24N4S/c1-4-12-25(13-5-1)37-40-38(26-14-6-2-7-15-26)42-39(41-37)27-20-21-31-30(24-27)35-32(43(31)28-16-8-3-9-17-28)22-23-34-36(35)29-18-10-11-19-33(29)44-34/h1-24H. The zero-order chi connectivity index (χ0) is 29.0. The molecule has 0 aliphatic carbocycles. The summed E-state index contributed by atoms with van der Waals surface area (Å²) in [5.41, 5.74) is 6.35. The normalized spacial score (nSPS) is 11.6. The molecule has 0 spiro atoms. The summed E-state index contributed by atoms with van der Waals surface area (Å²) in [6.07, 6.45) is 0. The molecule has 0 unspecified atom stereocenters. The highest BCUT2D eigenvalue weighted by Crippen LogP contribution is 2.44. The van der Waals surface area contributed by atoms with E-state index in [0.29, 0.717) is 17.5 Å². The molecule has 0 fully saturated rings. The number of hydrogen-bond donors (Lipinski definition) is 0. The van der Waals surface area contributed by atoms with Crippen LogP contribution in [0.5, 0.6) is 0 Å². The van der Waals surface area contributed by atoms with E-state index in [2.05, 4.69) is 89.5 Å². The van der Waals surface area contributed by atoms with E-state index in [1.54, 1.807) is 0 Å². The van der Waals surface area contributed by atoms with Crippen molar-refractivity contribution < 1.29 is 0 Å². The van der Waals surface area contributed by atoms with Crippen molar-refractivity contribution >= 4 is 53.3 Å². The summed E-state index contributed by atoms with van der Waals surface area (Å²) in [6.45, 7) is 0. The first kappa shape index (κ1) is 24.9. The van der Waals surface area contributed by atoms with Gasteiger partial charge >= 0.3 is 0 Å². The van der Waals surface area contributed by atoms with Crippen LogP contribution in [0.2, 0.25) is 0 Å². The topological polar surface area (TPSA) is 43.6 Å². The first-order chi connectivity index (χ1) is 21.8. The molecule has 5 heteroatoms.